The van der Waals surface area contributed by atoms with Gasteiger partial charge in [0.15, 0.2) is 0 Å². The second-order valence-electron chi connectivity index (χ2n) is 5.29. The standard InChI is InChI=1S/C13H17Cl2NO/c1-13(2)6-5-11(16-13)12(17)8-3-4-9(14)10(15)7-8/h3-4,7,11-12,16-17H,5-6H2,1-2H3. The van der Waals surface area contributed by atoms with Crippen molar-refractivity contribution in [2.45, 2.75) is 44.4 Å². The van der Waals surface area contributed by atoms with Gasteiger partial charge in [0.05, 0.1) is 16.1 Å². The van der Waals surface area contributed by atoms with E-state index in [4.69, 9.17) is 23.2 Å². The first-order chi connectivity index (χ1) is 7.89. The fourth-order valence-corrected chi connectivity index (χ4v) is 2.63. The number of hydrogen-bond donors (Lipinski definition) is 2. The quantitative estimate of drug-likeness (QED) is 0.864. The van der Waals surface area contributed by atoms with Crippen molar-refractivity contribution in [3.63, 3.8) is 0 Å². The smallest absolute Gasteiger partial charge is 0.0943 e. The van der Waals surface area contributed by atoms with Gasteiger partial charge in [0.2, 0.25) is 0 Å². The van der Waals surface area contributed by atoms with Gasteiger partial charge < -0.3 is 10.4 Å². The average Bonchev–Trinajstić information content (AvgIpc) is 2.62. The van der Waals surface area contributed by atoms with E-state index in [1.165, 1.54) is 0 Å². The highest BCUT2D eigenvalue weighted by atomic mass is 35.5. The van der Waals surface area contributed by atoms with E-state index in [9.17, 15) is 5.11 Å². The van der Waals surface area contributed by atoms with Crippen LogP contribution in [0.15, 0.2) is 18.2 Å². The van der Waals surface area contributed by atoms with Crippen molar-refractivity contribution in [1.82, 2.24) is 5.32 Å². The van der Waals surface area contributed by atoms with E-state index in [0.717, 1.165) is 18.4 Å². The SMILES string of the molecule is CC1(C)CCC(C(O)c2ccc(Cl)c(Cl)c2)N1. The molecule has 4 heteroatoms. The van der Waals surface area contributed by atoms with Gasteiger partial charge >= 0.3 is 0 Å². The van der Waals surface area contributed by atoms with Crippen LogP contribution in [0.4, 0.5) is 0 Å². The van der Waals surface area contributed by atoms with E-state index >= 15 is 0 Å². The third kappa shape index (κ3) is 2.94. The molecule has 1 aromatic carbocycles. The zero-order valence-electron chi connectivity index (χ0n) is 10.0. The molecule has 94 valence electrons. The fraction of sp³-hybridized carbons (Fsp3) is 0.538. The Morgan fingerprint density at radius 1 is 1.35 bits per heavy atom. The minimum atomic E-state index is -0.536. The van der Waals surface area contributed by atoms with Crippen LogP contribution in [-0.4, -0.2) is 16.7 Å². The highest BCUT2D eigenvalue weighted by Gasteiger charge is 2.34. The van der Waals surface area contributed by atoms with Crippen LogP contribution >= 0.6 is 23.2 Å². The maximum Gasteiger partial charge on any atom is 0.0943 e. The van der Waals surface area contributed by atoms with Crippen molar-refractivity contribution < 1.29 is 5.11 Å². The summed E-state index contributed by atoms with van der Waals surface area (Å²) < 4.78 is 0. The van der Waals surface area contributed by atoms with Crippen LogP contribution in [0.5, 0.6) is 0 Å². The lowest BCUT2D eigenvalue weighted by Gasteiger charge is -2.24. The van der Waals surface area contributed by atoms with Gasteiger partial charge in [-0.3, -0.25) is 0 Å². The molecule has 1 saturated heterocycles. The Labute approximate surface area is 112 Å². The van der Waals surface area contributed by atoms with Crippen molar-refractivity contribution in [2.75, 3.05) is 0 Å². The number of hydrogen-bond acceptors (Lipinski definition) is 2. The second-order valence-corrected chi connectivity index (χ2v) is 6.11. The van der Waals surface area contributed by atoms with Crippen LogP contribution in [-0.2, 0) is 0 Å². The number of halogens is 2. The van der Waals surface area contributed by atoms with Crippen molar-refractivity contribution in [3.05, 3.63) is 33.8 Å². The molecule has 2 unspecified atom stereocenters. The molecule has 0 bridgehead atoms. The Morgan fingerprint density at radius 3 is 2.59 bits per heavy atom. The van der Waals surface area contributed by atoms with E-state index in [0.29, 0.717) is 10.0 Å². The minimum Gasteiger partial charge on any atom is -0.387 e. The van der Waals surface area contributed by atoms with E-state index < -0.39 is 6.10 Å². The summed E-state index contributed by atoms with van der Waals surface area (Å²) in [6.07, 6.45) is 1.50. The molecule has 1 aromatic rings. The van der Waals surface area contributed by atoms with Crippen LogP contribution in [0.2, 0.25) is 10.0 Å². The molecule has 0 spiro atoms. The van der Waals surface area contributed by atoms with Gasteiger partial charge in [0.25, 0.3) is 0 Å². The Morgan fingerprint density at radius 2 is 2.06 bits per heavy atom. The maximum atomic E-state index is 10.3. The second kappa shape index (κ2) is 4.77. The van der Waals surface area contributed by atoms with Gasteiger partial charge in [-0.05, 0) is 44.4 Å². The van der Waals surface area contributed by atoms with E-state index in [-0.39, 0.29) is 11.6 Å². The largest absolute Gasteiger partial charge is 0.387 e. The highest BCUT2D eigenvalue weighted by molar-refractivity contribution is 6.42. The van der Waals surface area contributed by atoms with E-state index in [1.54, 1.807) is 12.1 Å². The summed E-state index contributed by atoms with van der Waals surface area (Å²) in [5.41, 5.74) is 0.914. The van der Waals surface area contributed by atoms with Gasteiger partial charge in [-0.25, -0.2) is 0 Å². The molecule has 2 atom stereocenters. The Bertz CT molecular complexity index is 420. The predicted octanol–water partition coefficient (Wildman–Crippen LogP) is 3.56. The number of nitrogens with one attached hydrogen (secondary N) is 1. The molecule has 2 N–H and O–H groups in total. The third-order valence-electron chi connectivity index (χ3n) is 3.32. The normalized spacial score (nSPS) is 24.9. The summed E-state index contributed by atoms with van der Waals surface area (Å²) in [4.78, 5) is 0. The zero-order valence-corrected chi connectivity index (χ0v) is 11.5. The van der Waals surface area contributed by atoms with Crippen LogP contribution < -0.4 is 5.32 Å². The average molecular weight is 274 g/mol. The van der Waals surface area contributed by atoms with Gasteiger partial charge in [-0.2, -0.15) is 0 Å². The zero-order chi connectivity index (χ0) is 12.6. The molecule has 0 saturated carbocycles. The Hall–Kier alpha value is -0.280. The minimum absolute atomic E-state index is 0.0854. The van der Waals surface area contributed by atoms with Crippen molar-refractivity contribution in [3.8, 4) is 0 Å². The van der Waals surface area contributed by atoms with Crippen molar-refractivity contribution in [2.24, 2.45) is 0 Å². The molecule has 1 heterocycles. The lowest BCUT2D eigenvalue weighted by molar-refractivity contribution is 0.131. The Balaban J connectivity index is 2.15. The van der Waals surface area contributed by atoms with Crippen LogP contribution in [0.25, 0.3) is 0 Å². The summed E-state index contributed by atoms with van der Waals surface area (Å²) >= 11 is 11.8. The van der Waals surface area contributed by atoms with Crippen molar-refractivity contribution >= 4 is 23.2 Å². The molecule has 0 aromatic heterocycles. The topological polar surface area (TPSA) is 32.3 Å². The monoisotopic (exact) mass is 273 g/mol. The fourth-order valence-electron chi connectivity index (χ4n) is 2.33. The summed E-state index contributed by atoms with van der Waals surface area (Å²) in [5, 5.41) is 14.7. The molecule has 2 nitrogen and oxygen atoms in total. The van der Waals surface area contributed by atoms with Gasteiger partial charge in [-0.1, -0.05) is 29.3 Å². The highest BCUT2D eigenvalue weighted by Crippen LogP contribution is 2.32. The van der Waals surface area contributed by atoms with E-state index in [2.05, 4.69) is 19.2 Å². The summed E-state index contributed by atoms with van der Waals surface area (Å²) in [6.45, 7) is 4.29. The maximum absolute atomic E-state index is 10.3. The third-order valence-corrected chi connectivity index (χ3v) is 4.06. The van der Waals surface area contributed by atoms with Gasteiger partial charge in [0.1, 0.15) is 0 Å². The first-order valence-electron chi connectivity index (χ1n) is 5.80. The lowest BCUT2D eigenvalue weighted by atomic mass is 10.0. The number of rotatable bonds is 2. The van der Waals surface area contributed by atoms with Gasteiger partial charge in [-0.15, -0.1) is 0 Å². The molecule has 0 aliphatic carbocycles. The predicted molar refractivity (Wildman–Crippen MR) is 71.7 cm³/mol. The molecular weight excluding hydrogens is 257 g/mol. The molecule has 0 amide bonds. The molecular formula is C13H17Cl2NO. The first kappa shape index (κ1) is 13.2. The Kier molecular flexibility index (Phi) is 3.69. The molecule has 1 aliphatic rings. The van der Waals surface area contributed by atoms with Crippen LogP contribution in [0.3, 0.4) is 0 Å². The number of benzene rings is 1. The molecule has 1 fully saturated rings. The number of aliphatic hydroxyl groups excluding tert-OH is 1. The van der Waals surface area contributed by atoms with E-state index in [1.807, 2.05) is 6.07 Å². The van der Waals surface area contributed by atoms with Crippen LogP contribution in [0, 0.1) is 0 Å². The first-order valence-corrected chi connectivity index (χ1v) is 6.55. The van der Waals surface area contributed by atoms with Crippen LogP contribution in [0.1, 0.15) is 38.4 Å². The molecule has 1 aliphatic heterocycles. The van der Waals surface area contributed by atoms with Gasteiger partial charge in [0, 0.05) is 11.6 Å². The summed E-state index contributed by atoms with van der Waals surface area (Å²) in [5.74, 6) is 0. The summed E-state index contributed by atoms with van der Waals surface area (Å²) in [7, 11) is 0. The molecule has 17 heavy (non-hydrogen) atoms. The number of aliphatic hydroxyl groups is 1. The molecule has 0 radical (unpaired) electrons. The molecule has 2 rings (SSSR count). The van der Waals surface area contributed by atoms with Crippen molar-refractivity contribution in [1.29, 1.82) is 0 Å². The lowest BCUT2D eigenvalue weighted by Crippen LogP contribution is -2.40. The summed E-state index contributed by atoms with van der Waals surface area (Å²) in [6, 6.07) is 5.37.